The first-order valence-electron chi connectivity index (χ1n) is 3.84. The Hall–Kier alpha value is -1.51. The number of hydrogen-bond acceptors (Lipinski definition) is 1. The van der Waals surface area contributed by atoms with E-state index in [2.05, 4.69) is 9.97 Å². The molecule has 0 radical (unpaired) electrons. The van der Waals surface area contributed by atoms with Crippen molar-refractivity contribution in [2.24, 2.45) is 0 Å². The number of aromatic amines is 1. The molecule has 0 unspecified atom stereocenters. The molecular weight excluding hydrogens is 159 g/mol. The minimum absolute atomic E-state index is 0. The SMILES string of the molecule is B.Cc1ccc[nH]1.c1ccncc1. The molecule has 2 heterocycles. The Morgan fingerprint density at radius 2 is 1.77 bits per heavy atom. The van der Waals surface area contributed by atoms with Gasteiger partial charge in [0.05, 0.1) is 8.41 Å². The molecule has 2 nitrogen and oxygen atoms in total. The summed E-state index contributed by atoms with van der Waals surface area (Å²) in [5.74, 6) is 0. The standard InChI is InChI=1S/C5H7N.C5H5N.BH3/c1-5-3-2-4-6-5;1-2-4-6-5-3-1;/h2-4,6H,1H3;1-5H;1H3. The second-order valence-corrected chi connectivity index (χ2v) is 2.38. The lowest BCUT2D eigenvalue weighted by molar-refractivity contribution is 1.27. The second kappa shape index (κ2) is 7.16. The van der Waals surface area contributed by atoms with Gasteiger partial charge in [0.15, 0.2) is 0 Å². The molecule has 0 saturated carbocycles. The Morgan fingerprint density at radius 3 is 1.92 bits per heavy atom. The monoisotopic (exact) mass is 174 g/mol. The topological polar surface area (TPSA) is 28.7 Å². The van der Waals surface area contributed by atoms with Gasteiger partial charge < -0.3 is 4.98 Å². The fourth-order valence-electron chi connectivity index (χ4n) is 0.733. The molecule has 0 saturated heterocycles. The zero-order valence-electron chi connectivity index (χ0n) is 7.07. The smallest absolute Gasteiger partial charge is 0.0814 e. The van der Waals surface area contributed by atoms with Crippen molar-refractivity contribution in [1.29, 1.82) is 0 Å². The van der Waals surface area contributed by atoms with E-state index in [1.54, 1.807) is 12.4 Å². The third kappa shape index (κ3) is 5.73. The number of hydrogen-bond donors (Lipinski definition) is 1. The molecule has 0 fully saturated rings. The zero-order valence-corrected chi connectivity index (χ0v) is 7.07. The molecule has 0 atom stereocenters. The van der Waals surface area contributed by atoms with Crippen LogP contribution in [0.2, 0.25) is 0 Å². The molecule has 0 aromatic carbocycles. The summed E-state index contributed by atoms with van der Waals surface area (Å²) in [4.78, 5) is 6.78. The number of nitrogens with one attached hydrogen (secondary N) is 1. The molecule has 0 amide bonds. The van der Waals surface area contributed by atoms with Crippen LogP contribution in [-0.4, -0.2) is 18.4 Å². The Labute approximate surface area is 80.6 Å². The van der Waals surface area contributed by atoms with Crippen LogP contribution in [0, 0.1) is 6.92 Å². The van der Waals surface area contributed by atoms with Crippen molar-refractivity contribution in [3.05, 3.63) is 54.6 Å². The van der Waals surface area contributed by atoms with Gasteiger partial charge in [-0.3, -0.25) is 4.98 Å². The molecule has 2 rings (SSSR count). The van der Waals surface area contributed by atoms with Gasteiger partial charge in [0.1, 0.15) is 0 Å². The molecule has 1 N–H and O–H groups in total. The van der Waals surface area contributed by atoms with Crippen molar-refractivity contribution in [2.45, 2.75) is 6.92 Å². The fraction of sp³-hybridized carbons (Fsp3) is 0.100. The van der Waals surface area contributed by atoms with Crippen LogP contribution in [0.15, 0.2) is 48.9 Å². The van der Waals surface area contributed by atoms with Gasteiger partial charge in [-0.25, -0.2) is 0 Å². The first kappa shape index (κ1) is 11.5. The quantitative estimate of drug-likeness (QED) is 0.597. The molecule has 0 aliphatic heterocycles. The highest BCUT2D eigenvalue weighted by Crippen LogP contribution is 1.86. The fourth-order valence-corrected chi connectivity index (χ4v) is 0.733. The minimum atomic E-state index is 0. The van der Waals surface area contributed by atoms with Crippen LogP contribution in [0.1, 0.15) is 5.69 Å². The maximum absolute atomic E-state index is 3.78. The van der Waals surface area contributed by atoms with Crippen LogP contribution < -0.4 is 0 Å². The van der Waals surface area contributed by atoms with E-state index in [0.29, 0.717) is 0 Å². The number of pyridine rings is 1. The molecule has 0 bridgehead atoms. The van der Waals surface area contributed by atoms with Gasteiger partial charge in [0.2, 0.25) is 0 Å². The van der Waals surface area contributed by atoms with Crippen molar-refractivity contribution in [3.63, 3.8) is 0 Å². The van der Waals surface area contributed by atoms with Crippen LogP contribution in [0.5, 0.6) is 0 Å². The number of H-pyrrole nitrogens is 1. The third-order valence-electron chi connectivity index (χ3n) is 1.32. The van der Waals surface area contributed by atoms with E-state index in [1.807, 2.05) is 43.5 Å². The van der Waals surface area contributed by atoms with Gasteiger partial charge in [-0.2, -0.15) is 0 Å². The van der Waals surface area contributed by atoms with Crippen molar-refractivity contribution in [1.82, 2.24) is 9.97 Å². The summed E-state index contributed by atoms with van der Waals surface area (Å²) in [6.45, 7) is 2.03. The lowest BCUT2D eigenvalue weighted by Crippen LogP contribution is -1.59. The zero-order chi connectivity index (χ0) is 8.65. The highest BCUT2D eigenvalue weighted by Gasteiger charge is 1.72. The molecular formula is C10H15BN2. The van der Waals surface area contributed by atoms with E-state index in [9.17, 15) is 0 Å². The Kier molecular flexibility index (Phi) is 6.33. The largest absolute Gasteiger partial charge is 0.365 e. The van der Waals surface area contributed by atoms with Crippen LogP contribution >= 0.6 is 0 Å². The van der Waals surface area contributed by atoms with Crippen LogP contribution in [-0.2, 0) is 0 Å². The van der Waals surface area contributed by atoms with Gasteiger partial charge in [0.25, 0.3) is 0 Å². The number of aryl methyl sites for hydroxylation is 1. The first-order valence-corrected chi connectivity index (χ1v) is 3.84. The average molecular weight is 174 g/mol. The van der Waals surface area contributed by atoms with Crippen LogP contribution in [0.4, 0.5) is 0 Å². The average Bonchev–Trinajstić information content (AvgIpc) is 2.60. The number of rotatable bonds is 0. The van der Waals surface area contributed by atoms with Crippen molar-refractivity contribution >= 4 is 8.41 Å². The summed E-state index contributed by atoms with van der Waals surface area (Å²) in [6.07, 6.45) is 5.41. The summed E-state index contributed by atoms with van der Waals surface area (Å²) in [6, 6.07) is 9.72. The molecule has 0 aliphatic rings. The highest BCUT2D eigenvalue weighted by molar-refractivity contribution is 5.75. The summed E-state index contributed by atoms with van der Waals surface area (Å²) in [7, 11) is 0. The maximum Gasteiger partial charge on any atom is 0.0814 e. The second-order valence-electron chi connectivity index (χ2n) is 2.38. The Balaban J connectivity index is 0.000000206. The van der Waals surface area contributed by atoms with E-state index < -0.39 is 0 Å². The van der Waals surface area contributed by atoms with Gasteiger partial charge in [0, 0.05) is 24.3 Å². The van der Waals surface area contributed by atoms with E-state index in [0.717, 1.165) is 0 Å². The van der Waals surface area contributed by atoms with Crippen LogP contribution in [0.25, 0.3) is 0 Å². The predicted molar refractivity (Wildman–Crippen MR) is 59.7 cm³/mol. The summed E-state index contributed by atoms with van der Waals surface area (Å²) >= 11 is 0. The molecule has 2 aromatic heterocycles. The van der Waals surface area contributed by atoms with Crippen molar-refractivity contribution in [2.75, 3.05) is 0 Å². The van der Waals surface area contributed by atoms with Crippen molar-refractivity contribution in [3.8, 4) is 0 Å². The Bertz CT molecular complexity index is 252. The maximum atomic E-state index is 3.78. The minimum Gasteiger partial charge on any atom is -0.365 e. The van der Waals surface area contributed by atoms with E-state index in [1.165, 1.54) is 5.69 Å². The lowest BCUT2D eigenvalue weighted by Gasteiger charge is -1.70. The molecule has 13 heavy (non-hydrogen) atoms. The Morgan fingerprint density at radius 1 is 1.08 bits per heavy atom. The number of aromatic nitrogens is 2. The van der Waals surface area contributed by atoms with E-state index in [4.69, 9.17) is 0 Å². The number of nitrogens with zero attached hydrogens (tertiary/aromatic N) is 1. The molecule has 68 valence electrons. The molecule has 2 aromatic rings. The first-order chi connectivity index (χ1) is 5.89. The van der Waals surface area contributed by atoms with Gasteiger partial charge in [-0.1, -0.05) is 6.07 Å². The highest BCUT2D eigenvalue weighted by atomic mass is 14.7. The summed E-state index contributed by atoms with van der Waals surface area (Å²) < 4.78 is 0. The third-order valence-corrected chi connectivity index (χ3v) is 1.32. The predicted octanol–water partition coefficient (Wildman–Crippen LogP) is 1.22. The van der Waals surface area contributed by atoms with E-state index >= 15 is 0 Å². The molecule has 0 aliphatic carbocycles. The van der Waals surface area contributed by atoms with E-state index in [-0.39, 0.29) is 8.41 Å². The van der Waals surface area contributed by atoms with Gasteiger partial charge in [-0.05, 0) is 31.2 Å². The normalized spacial score (nSPS) is 7.77. The van der Waals surface area contributed by atoms with Gasteiger partial charge in [-0.15, -0.1) is 0 Å². The summed E-state index contributed by atoms with van der Waals surface area (Å²) in [5, 5.41) is 0. The molecule has 0 spiro atoms. The lowest BCUT2D eigenvalue weighted by atomic mass is 10.5. The van der Waals surface area contributed by atoms with Crippen molar-refractivity contribution < 1.29 is 0 Å². The summed E-state index contributed by atoms with van der Waals surface area (Å²) in [5.41, 5.74) is 1.22. The molecule has 3 heteroatoms. The van der Waals surface area contributed by atoms with Gasteiger partial charge >= 0.3 is 0 Å². The van der Waals surface area contributed by atoms with Crippen LogP contribution in [0.3, 0.4) is 0 Å².